The summed E-state index contributed by atoms with van der Waals surface area (Å²) in [6, 6.07) is 0. The van der Waals surface area contributed by atoms with E-state index in [-0.39, 0.29) is 5.38 Å². The highest BCUT2D eigenvalue weighted by molar-refractivity contribution is 6.22. The predicted octanol–water partition coefficient (Wildman–Crippen LogP) is 3.36. The summed E-state index contributed by atoms with van der Waals surface area (Å²) in [4.78, 5) is 0. The van der Waals surface area contributed by atoms with E-state index in [0.717, 1.165) is 12.8 Å². The lowest BCUT2D eigenvalue weighted by Crippen LogP contribution is -1.94. The molecule has 1 atom stereocenters. The van der Waals surface area contributed by atoms with E-state index in [4.69, 9.17) is 11.6 Å². The lowest BCUT2D eigenvalue weighted by Gasteiger charge is -2.04. The average molecular weight is 147 g/mol. The third-order valence-electron chi connectivity index (χ3n) is 1.39. The van der Waals surface area contributed by atoms with E-state index in [1.165, 1.54) is 5.57 Å². The second-order valence-corrected chi connectivity index (χ2v) is 2.81. The summed E-state index contributed by atoms with van der Waals surface area (Å²) in [6.07, 6.45) is 4.39. The molecule has 0 saturated carbocycles. The Balaban J connectivity index is 3.81. The Kier molecular flexibility index (Phi) is 4.88. The van der Waals surface area contributed by atoms with Crippen LogP contribution in [0.25, 0.3) is 0 Å². The van der Waals surface area contributed by atoms with Crippen molar-refractivity contribution in [2.45, 2.75) is 39.0 Å². The molecule has 0 aromatic heterocycles. The maximum Gasteiger partial charge on any atom is 0.0516 e. The van der Waals surface area contributed by atoms with Crippen molar-refractivity contribution in [3.63, 3.8) is 0 Å². The van der Waals surface area contributed by atoms with Crippen LogP contribution >= 0.6 is 11.6 Å². The van der Waals surface area contributed by atoms with E-state index in [2.05, 4.69) is 19.9 Å². The standard InChI is InChI=1S/C8H15Cl/c1-4-6-8(5-2)7(3)9/h6-7H,4-5H2,1-3H3. The van der Waals surface area contributed by atoms with Crippen molar-refractivity contribution in [2.75, 3.05) is 0 Å². The van der Waals surface area contributed by atoms with Crippen LogP contribution in [0.2, 0.25) is 0 Å². The van der Waals surface area contributed by atoms with Crippen molar-refractivity contribution in [2.24, 2.45) is 0 Å². The molecule has 0 saturated heterocycles. The number of hydrogen-bond acceptors (Lipinski definition) is 0. The minimum Gasteiger partial charge on any atom is -0.118 e. The first kappa shape index (κ1) is 9.03. The Hall–Kier alpha value is 0.0300. The smallest absolute Gasteiger partial charge is 0.0516 e. The summed E-state index contributed by atoms with van der Waals surface area (Å²) in [5.41, 5.74) is 1.36. The van der Waals surface area contributed by atoms with E-state index in [1.54, 1.807) is 0 Å². The van der Waals surface area contributed by atoms with Gasteiger partial charge in [0.2, 0.25) is 0 Å². The fraction of sp³-hybridized carbons (Fsp3) is 0.750. The van der Waals surface area contributed by atoms with Crippen molar-refractivity contribution >= 4 is 11.6 Å². The molecule has 0 aromatic carbocycles. The zero-order valence-electron chi connectivity index (χ0n) is 6.45. The second-order valence-electron chi connectivity index (χ2n) is 2.16. The van der Waals surface area contributed by atoms with Crippen molar-refractivity contribution < 1.29 is 0 Å². The molecule has 0 aliphatic rings. The van der Waals surface area contributed by atoms with E-state index >= 15 is 0 Å². The summed E-state index contributed by atoms with van der Waals surface area (Å²) < 4.78 is 0. The Morgan fingerprint density at radius 2 is 2.11 bits per heavy atom. The van der Waals surface area contributed by atoms with Crippen molar-refractivity contribution in [1.29, 1.82) is 0 Å². The quantitative estimate of drug-likeness (QED) is 0.423. The van der Waals surface area contributed by atoms with Gasteiger partial charge in [0.1, 0.15) is 0 Å². The minimum absolute atomic E-state index is 0.218. The monoisotopic (exact) mass is 146 g/mol. The van der Waals surface area contributed by atoms with Crippen molar-refractivity contribution in [3.05, 3.63) is 11.6 Å². The molecule has 9 heavy (non-hydrogen) atoms. The molecular weight excluding hydrogens is 132 g/mol. The first-order valence-electron chi connectivity index (χ1n) is 3.55. The lowest BCUT2D eigenvalue weighted by molar-refractivity contribution is 0.961. The minimum atomic E-state index is 0.218. The van der Waals surface area contributed by atoms with Gasteiger partial charge in [0.15, 0.2) is 0 Å². The average Bonchev–Trinajstić information content (AvgIpc) is 1.82. The number of halogens is 1. The molecule has 54 valence electrons. The van der Waals surface area contributed by atoms with Crippen molar-refractivity contribution in [3.8, 4) is 0 Å². The topological polar surface area (TPSA) is 0 Å². The van der Waals surface area contributed by atoms with Gasteiger partial charge in [0.05, 0.1) is 5.38 Å². The molecule has 0 aliphatic heterocycles. The first-order chi connectivity index (χ1) is 4.22. The van der Waals surface area contributed by atoms with Gasteiger partial charge in [0, 0.05) is 0 Å². The van der Waals surface area contributed by atoms with Crippen LogP contribution in [0.3, 0.4) is 0 Å². The molecule has 1 heteroatoms. The van der Waals surface area contributed by atoms with Crippen LogP contribution in [0.5, 0.6) is 0 Å². The van der Waals surface area contributed by atoms with Crippen LogP contribution in [-0.4, -0.2) is 5.38 Å². The number of alkyl halides is 1. The van der Waals surface area contributed by atoms with Gasteiger partial charge in [-0.25, -0.2) is 0 Å². The fourth-order valence-corrected chi connectivity index (χ4v) is 1.09. The van der Waals surface area contributed by atoms with Crippen LogP contribution in [0.4, 0.5) is 0 Å². The summed E-state index contributed by atoms with van der Waals surface area (Å²) in [7, 11) is 0. The summed E-state index contributed by atoms with van der Waals surface area (Å²) in [5, 5.41) is 0.218. The maximum absolute atomic E-state index is 5.85. The molecule has 0 radical (unpaired) electrons. The molecule has 0 amide bonds. The molecule has 0 aliphatic carbocycles. The molecule has 0 aromatic rings. The Morgan fingerprint density at radius 3 is 2.22 bits per heavy atom. The lowest BCUT2D eigenvalue weighted by atomic mass is 10.1. The zero-order chi connectivity index (χ0) is 7.28. The Labute approximate surface area is 62.9 Å². The van der Waals surface area contributed by atoms with Crippen LogP contribution < -0.4 is 0 Å². The molecular formula is C8H15Cl. The largest absolute Gasteiger partial charge is 0.118 e. The number of hydrogen-bond donors (Lipinski definition) is 0. The van der Waals surface area contributed by atoms with E-state index in [9.17, 15) is 0 Å². The van der Waals surface area contributed by atoms with Crippen LogP contribution in [0.15, 0.2) is 11.6 Å². The van der Waals surface area contributed by atoms with Gasteiger partial charge in [-0.3, -0.25) is 0 Å². The van der Waals surface area contributed by atoms with Crippen molar-refractivity contribution in [1.82, 2.24) is 0 Å². The zero-order valence-corrected chi connectivity index (χ0v) is 7.20. The van der Waals surface area contributed by atoms with Gasteiger partial charge in [-0.1, -0.05) is 25.5 Å². The summed E-state index contributed by atoms with van der Waals surface area (Å²) >= 11 is 5.85. The highest BCUT2D eigenvalue weighted by Crippen LogP contribution is 2.12. The highest BCUT2D eigenvalue weighted by atomic mass is 35.5. The molecule has 0 fully saturated rings. The molecule has 0 nitrogen and oxygen atoms in total. The molecule has 1 unspecified atom stereocenters. The van der Waals surface area contributed by atoms with Crippen LogP contribution in [0.1, 0.15) is 33.6 Å². The maximum atomic E-state index is 5.85. The third-order valence-corrected chi connectivity index (χ3v) is 1.67. The van der Waals surface area contributed by atoms with Crippen LogP contribution in [0, 0.1) is 0 Å². The van der Waals surface area contributed by atoms with Gasteiger partial charge in [-0.05, 0) is 19.8 Å². The van der Waals surface area contributed by atoms with Crippen LogP contribution in [-0.2, 0) is 0 Å². The molecule has 0 bridgehead atoms. The first-order valence-corrected chi connectivity index (χ1v) is 3.99. The van der Waals surface area contributed by atoms with Gasteiger partial charge >= 0.3 is 0 Å². The SMILES string of the molecule is CCC=C(CC)C(C)Cl. The molecule has 0 N–H and O–H groups in total. The second kappa shape index (κ2) is 4.87. The summed E-state index contributed by atoms with van der Waals surface area (Å²) in [6.45, 7) is 6.29. The normalized spacial score (nSPS) is 15.8. The van der Waals surface area contributed by atoms with Gasteiger partial charge < -0.3 is 0 Å². The Bertz CT molecular complexity index is 92.7. The summed E-state index contributed by atoms with van der Waals surface area (Å²) in [5.74, 6) is 0. The van der Waals surface area contributed by atoms with Gasteiger partial charge in [-0.15, -0.1) is 11.6 Å². The molecule has 0 spiro atoms. The number of allylic oxidation sites excluding steroid dienone is 2. The van der Waals surface area contributed by atoms with E-state index < -0.39 is 0 Å². The van der Waals surface area contributed by atoms with E-state index in [1.807, 2.05) is 6.92 Å². The molecule has 0 heterocycles. The van der Waals surface area contributed by atoms with Gasteiger partial charge in [0.25, 0.3) is 0 Å². The number of rotatable bonds is 3. The predicted molar refractivity (Wildman–Crippen MR) is 44.0 cm³/mol. The van der Waals surface area contributed by atoms with E-state index in [0.29, 0.717) is 0 Å². The molecule has 0 rings (SSSR count). The third kappa shape index (κ3) is 3.58. The van der Waals surface area contributed by atoms with Gasteiger partial charge in [-0.2, -0.15) is 0 Å². The Morgan fingerprint density at radius 1 is 1.56 bits per heavy atom. The fourth-order valence-electron chi connectivity index (χ4n) is 0.850. The highest BCUT2D eigenvalue weighted by Gasteiger charge is 1.99.